The second kappa shape index (κ2) is 7.15. The molecule has 19 heavy (non-hydrogen) atoms. The topological polar surface area (TPSA) is 78.7 Å². The summed E-state index contributed by atoms with van der Waals surface area (Å²) in [7, 11) is 1.44. The third-order valence-electron chi connectivity index (χ3n) is 2.32. The first kappa shape index (κ1) is 14.7. The Hall–Kier alpha value is -2.37. The zero-order valence-corrected chi connectivity index (χ0v) is 10.8. The highest BCUT2D eigenvalue weighted by Gasteiger charge is 2.12. The highest BCUT2D eigenvalue weighted by molar-refractivity contribution is 5.73. The number of hydrogen-bond donors (Lipinski definition) is 0. The molecule has 0 aromatic heterocycles. The summed E-state index contributed by atoms with van der Waals surface area (Å²) in [6.45, 7) is 2.03. The van der Waals surface area contributed by atoms with E-state index >= 15 is 0 Å². The second-order valence-corrected chi connectivity index (χ2v) is 3.59. The Balaban J connectivity index is 2.85. The molecule has 0 atom stereocenters. The number of nitrogens with zero attached hydrogens (tertiary/aromatic N) is 1. The number of esters is 1. The highest BCUT2D eigenvalue weighted by Crippen LogP contribution is 2.25. The van der Waals surface area contributed by atoms with Gasteiger partial charge in [-0.1, -0.05) is 12.2 Å². The van der Waals surface area contributed by atoms with E-state index in [-0.39, 0.29) is 18.1 Å². The maximum Gasteiger partial charge on any atom is 0.309 e. The summed E-state index contributed by atoms with van der Waals surface area (Å²) >= 11 is 0. The Labute approximate surface area is 110 Å². The molecule has 6 nitrogen and oxygen atoms in total. The van der Waals surface area contributed by atoms with Crippen molar-refractivity contribution in [3.8, 4) is 5.75 Å². The monoisotopic (exact) mass is 265 g/mol. The van der Waals surface area contributed by atoms with Gasteiger partial charge in [-0.25, -0.2) is 0 Å². The van der Waals surface area contributed by atoms with Gasteiger partial charge in [-0.05, 0) is 19.1 Å². The van der Waals surface area contributed by atoms with E-state index < -0.39 is 4.92 Å². The lowest BCUT2D eigenvalue weighted by atomic mass is 10.1. The van der Waals surface area contributed by atoms with Crippen molar-refractivity contribution in [3.05, 3.63) is 40.0 Å². The number of hydrogen-bond acceptors (Lipinski definition) is 5. The van der Waals surface area contributed by atoms with Crippen molar-refractivity contribution < 1.29 is 19.2 Å². The molecule has 6 heteroatoms. The quantitative estimate of drug-likeness (QED) is 0.448. The summed E-state index contributed by atoms with van der Waals surface area (Å²) in [5.74, 6) is 0.0455. The van der Waals surface area contributed by atoms with Crippen LogP contribution in [0.25, 0.3) is 6.08 Å². The number of nitro groups is 1. The molecule has 0 unspecified atom stereocenters. The number of carbonyl (C=O) groups excluding carboxylic acids is 1. The molecule has 0 aliphatic carbocycles. The molecule has 0 aliphatic heterocycles. The van der Waals surface area contributed by atoms with Gasteiger partial charge in [0.05, 0.1) is 36.7 Å². The van der Waals surface area contributed by atoms with E-state index in [0.29, 0.717) is 17.9 Å². The van der Waals surface area contributed by atoms with Gasteiger partial charge in [0, 0.05) is 0 Å². The Morgan fingerprint density at radius 2 is 2.21 bits per heavy atom. The van der Waals surface area contributed by atoms with E-state index in [1.165, 1.54) is 25.3 Å². The van der Waals surface area contributed by atoms with Crippen molar-refractivity contribution in [2.45, 2.75) is 13.3 Å². The highest BCUT2D eigenvalue weighted by atomic mass is 16.6. The molecule has 0 saturated carbocycles. The zero-order valence-electron chi connectivity index (χ0n) is 10.8. The fraction of sp³-hybridized carbons (Fsp3) is 0.308. The molecule has 1 aromatic carbocycles. The van der Waals surface area contributed by atoms with Gasteiger partial charge < -0.3 is 9.47 Å². The minimum Gasteiger partial charge on any atom is -0.497 e. The van der Waals surface area contributed by atoms with Gasteiger partial charge in [0.25, 0.3) is 5.69 Å². The maximum atomic E-state index is 11.1. The van der Waals surface area contributed by atoms with Crippen LogP contribution in [0.5, 0.6) is 5.75 Å². The number of methoxy groups -OCH3 is 1. The van der Waals surface area contributed by atoms with Crippen molar-refractivity contribution in [2.75, 3.05) is 13.7 Å². The van der Waals surface area contributed by atoms with Crippen molar-refractivity contribution >= 4 is 17.7 Å². The Bertz CT molecular complexity index is 496. The first-order valence-electron chi connectivity index (χ1n) is 5.73. The van der Waals surface area contributed by atoms with Crippen molar-refractivity contribution in [1.82, 2.24) is 0 Å². The Morgan fingerprint density at radius 3 is 2.79 bits per heavy atom. The number of benzene rings is 1. The van der Waals surface area contributed by atoms with Crippen molar-refractivity contribution in [1.29, 1.82) is 0 Å². The normalized spacial score (nSPS) is 10.4. The summed E-state index contributed by atoms with van der Waals surface area (Å²) in [6, 6.07) is 4.53. The van der Waals surface area contributed by atoms with Crippen molar-refractivity contribution in [2.24, 2.45) is 0 Å². The largest absolute Gasteiger partial charge is 0.497 e. The van der Waals surface area contributed by atoms with Crippen LogP contribution in [0.2, 0.25) is 0 Å². The fourth-order valence-corrected chi connectivity index (χ4v) is 1.45. The molecule has 0 fully saturated rings. The van der Waals surface area contributed by atoms with E-state index in [1.807, 2.05) is 0 Å². The molecular formula is C13H15NO5. The molecule has 1 rings (SSSR count). The van der Waals surface area contributed by atoms with E-state index in [4.69, 9.17) is 9.47 Å². The number of ether oxygens (including phenoxy) is 2. The minimum absolute atomic E-state index is 0.0699. The molecule has 0 heterocycles. The van der Waals surface area contributed by atoms with E-state index in [1.54, 1.807) is 19.1 Å². The SMILES string of the molecule is CCOC(=O)CC=Cc1ccc(OC)cc1[N+](=O)[O-]. The molecule has 0 aliphatic rings. The van der Waals surface area contributed by atoms with Gasteiger partial charge in [-0.2, -0.15) is 0 Å². The van der Waals surface area contributed by atoms with Crippen LogP contribution in [-0.4, -0.2) is 24.6 Å². The predicted octanol–water partition coefficient (Wildman–Crippen LogP) is 2.57. The van der Waals surface area contributed by atoms with Crippen LogP contribution >= 0.6 is 0 Å². The summed E-state index contributed by atoms with van der Waals surface area (Å²) in [5.41, 5.74) is 0.342. The lowest BCUT2D eigenvalue weighted by Gasteiger charge is -2.02. The summed E-state index contributed by atoms with van der Waals surface area (Å²) in [4.78, 5) is 21.5. The third kappa shape index (κ3) is 4.42. The third-order valence-corrected chi connectivity index (χ3v) is 2.32. The van der Waals surface area contributed by atoms with Crippen LogP contribution in [0.3, 0.4) is 0 Å². The van der Waals surface area contributed by atoms with E-state index in [0.717, 1.165) is 0 Å². The van der Waals surface area contributed by atoms with Gasteiger partial charge in [-0.3, -0.25) is 14.9 Å². The molecule has 0 spiro atoms. The first-order valence-corrected chi connectivity index (χ1v) is 5.73. The summed E-state index contributed by atoms with van der Waals surface area (Å²) < 4.78 is 9.68. The molecule has 102 valence electrons. The van der Waals surface area contributed by atoms with Crippen LogP contribution in [0.4, 0.5) is 5.69 Å². The molecule has 0 saturated heterocycles. The molecule has 0 bridgehead atoms. The number of rotatable bonds is 6. The molecule has 0 amide bonds. The number of carbonyl (C=O) groups is 1. The minimum atomic E-state index is -0.493. The average Bonchev–Trinajstić information content (AvgIpc) is 2.39. The molecular weight excluding hydrogens is 250 g/mol. The fourth-order valence-electron chi connectivity index (χ4n) is 1.45. The van der Waals surface area contributed by atoms with Gasteiger partial charge in [0.2, 0.25) is 0 Å². The van der Waals surface area contributed by atoms with Gasteiger partial charge in [0.1, 0.15) is 5.75 Å². The number of nitro benzene ring substituents is 1. The van der Waals surface area contributed by atoms with Crippen LogP contribution < -0.4 is 4.74 Å². The molecule has 0 N–H and O–H groups in total. The van der Waals surface area contributed by atoms with Crippen molar-refractivity contribution in [3.63, 3.8) is 0 Å². The summed E-state index contributed by atoms with van der Waals surface area (Å²) in [5, 5.41) is 10.9. The van der Waals surface area contributed by atoms with Crippen LogP contribution in [-0.2, 0) is 9.53 Å². The van der Waals surface area contributed by atoms with Crippen LogP contribution in [0.1, 0.15) is 18.9 Å². The van der Waals surface area contributed by atoms with Crippen LogP contribution in [0, 0.1) is 10.1 Å². The standard InChI is InChI=1S/C13H15NO5/c1-3-19-13(15)6-4-5-10-7-8-11(18-2)9-12(10)14(16)17/h4-5,7-9H,3,6H2,1-2H3. The predicted molar refractivity (Wildman–Crippen MR) is 69.9 cm³/mol. The van der Waals surface area contributed by atoms with E-state index in [9.17, 15) is 14.9 Å². The van der Waals surface area contributed by atoms with Gasteiger partial charge >= 0.3 is 5.97 Å². The molecule has 0 radical (unpaired) electrons. The van der Waals surface area contributed by atoms with Gasteiger partial charge in [0.15, 0.2) is 0 Å². The lowest BCUT2D eigenvalue weighted by molar-refractivity contribution is -0.385. The lowest BCUT2D eigenvalue weighted by Crippen LogP contribution is -2.01. The van der Waals surface area contributed by atoms with Crippen LogP contribution in [0.15, 0.2) is 24.3 Å². The zero-order chi connectivity index (χ0) is 14.3. The summed E-state index contributed by atoms with van der Waals surface area (Å²) in [6.07, 6.45) is 3.14. The maximum absolute atomic E-state index is 11.1. The van der Waals surface area contributed by atoms with E-state index in [2.05, 4.69) is 0 Å². The average molecular weight is 265 g/mol. The molecule has 1 aromatic rings. The Morgan fingerprint density at radius 1 is 1.47 bits per heavy atom. The Kier molecular flexibility index (Phi) is 5.53. The van der Waals surface area contributed by atoms with Gasteiger partial charge in [-0.15, -0.1) is 0 Å². The smallest absolute Gasteiger partial charge is 0.309 e. The first-order chi connectivity index (χ1) is 9.08. The second-order valence-electron chi connectivity index (χ2n) is 3.59.